The molecule has 1 aliphatic heterocycles. The molecule has 0 spiro atoms. The Morgan fingerprint density at radius 2 is 2.00 bits per heavy atom. The summed E-state index contributed by atoms with van der Waals surface area (Å²) in [6.07, 6.45) is 4.71. The first-order valence-corrected chi connectivity index (χ1v) is 7.48. The predicted molar refractivity (Wildman–Crippen MR) is 75.6 cm³/mol. The minimum Gasteiger partial charge on any atom is -0.351 e. The molecule has 4 heteroatoms. The molecule has 0 bridgehead atoms. The lowest BCUT2D eigenvalue weighted by Gasteiger charge is -2.23. The summed E-state index contributed by atoms with van der Waals surface area (Å²) in [5.41, 5.74) is 0.937. The van der Waals surface area contributed by atoms with Gasteiger partial charge in [-0.25, -0.2) is 4.39 Å². The maximum absolute atomic E-state index is 12.8. The molecule has 1 unspecified atom stereocenters. The van der Waals surface area contributed by atoms with Crippen molar-refractivity contribution in [2.75, 3.05) is 13.1 Å². The Kier molecular flexibility index (Phi) is 4.01. The molecule has 1 atom stereocenters. The van der Waals surface area contributed by atoms with E-state index in [9.17, 15) is 9.18 Å². The lowest BCUT2D eigenvalue weighted by Crippen LogP contribution is -2.43. The van der Waals surface area contributed by atoms with Gasteiger partial charge in [-0.2, -0.15) is 0 Å². The maximum Gasteiger partial charge on any atom is 0.237 e. The number of halogens is 1. The van der Waals surface area contributed by atoms with Gasteiger partial charge in [-0.1, -0.05) is 12.1 Å². The van der Waals surface area contributed by atoms with Gasteiger partial charge >= 0.3 is 0 Å². The Labute approximate surface area is 119 Å². The highest BCUT2D eigenvalue weighted by molar-refractivity contribution is 5.82. The van der Waals surface area contributed by atoms with Crippen LogP contribution in [0.3, 0.4) is 0 Å². The van der Waals surface area contributed by atoms with E-state index in [0.717, 1.165) is 37.4 Å². The second-order valence-electron chi connectivity index (χ2n) is 5.94. The third kappa shape index (κ3) is 3.37. The SMILES string of the molecule is O=C(NCc1ccc(F)cc1)C1CCCN1CC1CC1. The molecule has 1 aromatic carbocycles. The van der Waals surface area contributed by atoms with Crippen molar-refractivity contribution in [2.45, 2.75) is 38.3 Å². The van der Waals surface area contributed by atoms with Gasteiger partial charge in [0.2, 0.25) is 5.91 Å². The zero-order chi connectivity index (χ0) is 13.9. The van der Waals surface area contributed by atoms with E-state index in [0.29, 0.717) is 6.54 Å². The number of carbonyl (C=O) groups excluding carboxylic acids is 1. The fourth-order valence-electron chi connectivity index (χ4n) is 2.88. The highest BCUT2D eigenvalue weighted by Crippen LogP contribution is 2.32. The molecule has 1 aromatic rings. The van der Waals surface area contributed by atoms with E-state index < -0.39 is 0 Å². The number of nitrogens with zero attached hydrogens (tertiary/aromatic N) is 1. The van der Waals surface area contributed by atoms with Crippen LogP contribution < -0.4 is 5.32 Å². The molecule has 3 rings (SSSR count). The van der Waals surface area contributed by atoms with Gasteiger partial charge < -0.3 is 5.32 Å². The molecule has 1 saturated heterocycles. The molecule has 1 aliphatic carbocycles. The van der Waals surface area contributed by atoms with Crippen LogP contribution in [0.15, 0.2) is 24.3 Å². The van der Waals surface area contributed by atoms with Crippen molar-refractivity contribution in [1.29, 1.82) is 0 Å². The lowest BCUT2D eigenvalue weighted by molar-refractivity contribution is -0.125. The van der Waals surface area contributed by atoms with Crippen LogP contribution in [0.4, 0.5) is 4.39 Å². The number of likely N-dealkylation sites (tertiary alicyclic amines) is 1. The number of rotatable bonds is 5. The summed E-state index contributed by atoms with van der Waals surface area (Å²) in [6.45, 7) is 2.60. The van der Waals surface area contributed by atoms with Crippen molar-refractivity contribution in [3.8, 4) is 0 Å². The average molecular weight is 276 g/mol. The summed E-state index contributed by atoms with van der Waals surface area (Å²) < 4.78 is 12.8. The molecule has 1 N–H and O–H groups in total. The first-order chi connectivity index (χ1) is 9.72. The van der Waals surface area contributed by atoms with Crippen LogP contribution in [0.1, 0.15) is 31.2 Å². The average Bonchev–Trinajstić information content (AvgIpc) is 3.14. The van der Waals surface area contributed by atoms with Crippen LogP contribution in [0.25, 0.3) is 0 Å². The first-order valence-electron chi connectivity index (χ1n) is 7.48. The third-order valence-electron chi connectivity index (χ3n) is 4.24. The minimum atomic E-state index is -0.244. The van der Waals surface area contributed by atoms with Crippen molar-refractivity contribution >= 4 is 5.91 Å². The highest BCUT2D eigenvalue weighted by atomic mass is 19.1. The smallest absolute Gasteiger partial charge is 0.237 e. The normalized spacial score (nSPS) is 22.9. The molecule has 1 heterocycles. The minimum absolute atomic E-state index is 0.0380. The monoisotopic (exact) mass is 276 g/mol. The van der Waals surface area contributed by atoms with Crippen LogP contribution >= 0.6 is 0 Å². The summed E-state index contributed by atoms with van der Waals surface area (Å²) in [5, 5.41) is 2.98. The van der Waals surface area contributed by atoms with E-state index in [4.69, 9.17) is 0 Å². The van der Waals surface area contributed by atoms with E-state index in [1.807, 2.05) is 0 Å². The number of carbonyl (C=O) groups is 1. The Morgan fingerprint density at radius 1 is 1.25 bits per heavy atom. The van der Waals surface area contributed by atoms with Gasteiger partial charge in [-0.15, -0.1) is 0 Å². The number of amides is 1. The van der Waals surface area contributed by atoms with Crippen LogP contribution in [-0.4, -0.2) is 29.9 Å². The Morgan fingerprint density at radius 3 is 2.70 bits per heavy atom. The molecule has 1 saturated carbocycles. The van der Waals surface area contributed by atoms with E-state index in [2.05, 4.69) is 10.2 Å². The molecule has 3 nitrogen and oxygen atoms in total. The van der Waals surface area contributed by atoms with Gasteiger partial charge in [-0.3, -0.25) is 9.69 Å². The quantitative estimate of drug-likeness (QED) is 0.895. The second kappa shape index (κ2) is 5.92. The maximum atomic E-state index is 12.8. The molecular formula is C16H21FN2O. The number of hydrogen-bond acceptors (Lipinski definition) is 2. The van der Waals surface area contributed by atoms with Crippen LogP contribution in [-0.2, 0) is 11.3 Å². The highest BCUT2D eigenvalue weighted by Gasteiger charge is 2.34. The van der Waals surface area contributed by atoms with E-state index >= 15 is 0 Å². The van der Waals surface area contributed by atoms with Crippen LogP contribution in [0.5, 0.6) is 0 Å². The van der Waals surface area contributed by atoms with Crippen molar-refractivity contribution in [1.82, 2.24) is 10.2 Å². The van der Waals surface area contributed by atoms with E-state index in [1.54, 1.807) is 12.1 Å². The fraction of sp³-hybridized carbons (Fsp3) is 0.562. The van der Waals surface area contributed by atoms with Crippen LogP contribution in [0, 0.1) is 11.7 Å². The van der Waals surface area contributed by atoms with Crippen molar-refractivity contribution in [2.24, 2.45) is 5.92 Å². The molecule has 20 heavy (non-hydrogen) atoms. The zero-order valence-electron chi connectivity index (χ0n) is 11.6. The van der Waals surface area contributed by atoms with Gasteiger partial charge in [0.1, 0.15) is 5.82 Å². The predicted octanol–water partition coefficient (Wildman–Crippen LogP) is 2.32. The second-order valence-corrected chi connectivity index (χ2v) is 5.94. The number of benzene rings is 1. The third-order valence-corrected chi connectivity index (χ3v) is 4.24. The number of nitrogens with one attached hydrogen (secondary N) is 1. The molecule has 0 radical (unpaired) electrons. The van der Waals surface area contributed by atoms with Gasteiger partial charge in [0.15, 0.2) is 0 Å². The molecule has 0 aromatic heterocycles. The standard InChI is InChI=1S/C16H21FN2O/c17-14-7-5-12(6-8-14)10-18-16(20)15-2-1-9-19(15)11-13-3-4-13/h5-8,13,15H,1-4,9-11H2,(H,18,20). The fourth-order valence-corrected chi connectivity index (χ4v) is 2.88. The molecule has 108 valence electrons. The van der Waals surface area contributed by atoms with E-state index in [1.165, 1.54) is 25.0 Å². The first kappa shape index (κ1) is 13.6. The molecule has 2 fully saturated rings. The Bertz CT molecular complexity index is 470. The number of hydrogen-bond donors (Lipinski definition) is 1. The van der Waals surface area contributed by atoms with Gasteiger partial charge in [0.05, 0.1) is 6.04 Å². The largest absolute Gasteiger partial charge is 0.351 e. The summed E-state index contributed by atoms with van der Waals surface area (Å²) in [7, 11) is 0. The zero-order valence-corrected chi connectivity index (χ0v) is 11.6. The van der Waals surface area contributed by atoms with Gasteiger partial charge in [0, 0.05) is 13.1 Å². The summed E-state index contributed by atoms with van der Waals surface area (Å²) >= 11 is 0. The lowest BCUT2D eigenvalue weighted by atomic mass is 10.2. The summed E-state index contributed by atoms with van der Waals surface area (Å²) in [4.78, 5) is 14.6. The molecular weight excluding hydrogens is 255 g/mol. The molecule has 1 amide bonds. The Hall–Kier alpha value is -1.42. The van der Waals surface area contributed by atoms with Crippen molar-refractivity contribution in [3.63, 3.8) is 0 Å². The summed E-state index contributed by atoms with van der Waals surface area (Å²) in [5.74, 6) is 0.694. The topological polar surface area (TPSA) is 32.3 Å². The van der Waals surface area contributed by atoms with Crippen molar-refractivity contribution in [3.05, 3.63) is 35.6 Å². The van der Waals surface area contributed by atoms with E-state index in [-0.39, 0.29) is 17.8 Å². The van der Waals surface area contributed by atoms with Gasteiger partial charge in [0.25, 0.3) is 0 Å². The molecule has 2 aliphatic rings. The van der Waals surface area contributed by atoms with Gasteiger partial charge in [-0.05, 0) is 55.8 Å². The van der Waals surface area contributed by atoms with Crippen molar-refractivity contribution < 1.29 is 9.18 Å². The summed E-state index contributed by atoms with van der Waals surface area (Å²) in [6, 6.07) is 6.32. The Balaban J connectivity index is 1.51. The van der Waals surface area contributed by atoms with Crippen LogP contribution in [0.2, 0.25) is 0 Å².